The highest BCUT2D eigenvalue weighted by Gasteiger charge is 2.24. The molecule has 17 heavy (non-hydrogen) atoms. The highest BCUT2D eigenvalue weighted by molar-refractivity contribution is 5.30. The minimum absolute atomic E-state index is 0.693. The molecule has 1 heteroatoms. The molecule has 0 bridgehead atoms. The second-order valence-electron chi connectivity index (χ2n) is 5.67. The molecule has 94 valence electrons. The van der Waals surface area contributed by atoms with Gasteiger partial charge in [0.2, 0.25) is 0 Å². The summed E-state index contributed by atoms with van der Waals surface area (Å²) in [5.41, 5.74) is 10.3. The molecule has 1 aliphatic rings. The van der Waals surface area contributed by atoms with Crippen molar-refractivity contribution in [3.05, 3.63) is 34.9 Å². The van der Waals surface area contributed by atoms with Gasteiger partial charge in [-0.15, -0.1) is 0 Å². The SMILES string of the molecule is Cc1ccc(C)c(CC(CN)C2CCCC2)c1. The zero-order valence-corrected chi connectivity index (χ0v) is 11.2. The maximum Gasteiger partial charge on any atom is -0.00430 e. The molecule has 0 radical (unpaired) electrons. The van der Waals surface area contributed by atoms with Gasteiger partial charge in [0.25, 0.3) is 0 Å². The topological polar surface area (TPSA) is 26.0 Å². The third-order valence-electron chi connectivity index (χ3n) is 4.36. The lowest BCUT2D eigenvalue weighted by Gasteiger charge is -2.22. The molecular formula is C16H25N. The summed E-state index contributed by atoms with van der Waals surface area (Å²) in [6.07, 6.45) is 6.79. The lowest BCUT2D eigenvalue weighted by Crippen LogP contribution is -2.24. The van der Waals surface area contributed by atoms with Crippen LogP contribution in [0.4, 0.5) is 0 Å². The van der Waals surface area contributed by atoms with E-state index in [2.05, 4.69) is 32.0 Å². The van der Waals surface area contributed by atoms with Crippen molar-refractivity contribution in [1.29, 1.82) is 0 Å². The van der Waals surface area contributed by atoms with Gasteiger partial charge in [-0.2, -0.15) is 0 Å². The second kappa shape index (κ2) is 5.68. The molecule has 0 aliphatic heterocycles. The van der Waals surface area contributed by atoms with Crippen molar-refractivity contribution in [3.8, 4) is 0 Å². The molecule has 1 aromatic carbocycles. The minimum Gasteiger partial charge on any atom is -0.330 e. The Morgan fingerprint density at radius 3 is 2.59 bits per heavy atom. The molecule has 0 spiro atoms. The van der Waals surface area contributed by atoms with Crippen molar-refractivity contribution in [2.75, 3.05) is 6.54 Å². The van der Waals surface area contributed by atoms with Crippen LogP contribution in [0.25, 0.3) is 0 Å². The number of hydrogen-bond donors (Lipinski definition) is 1. The number of benzene rings is 1. The van der Waals surface area contributed by atoms with Crippen molar-refractivity contribution in [1.82, 2.24) is 0 Å². The first-order valence-electron chi connectivity index (χ1n) is 6.97. The zero-order chi connectivity index (χ0) is 12.3. The van der Waals surface area contributed by atoms with Crippen molar-refractivity contribution in [2.45, 2.75) is 46.0 Å². The van der Waals surface area contributed by atoms with E-state index < -0.39 is 0 Å². The monoisotopic (exact) mass is 231 g/mol. The van der Waals surface area contributed by atoms with Crippen molar-refractivity contribution < 1.29 is 0 Å². The summed E-state index contributed by atoms with van der Waals surface area (Å²) in [6, 6.07) is 6.78. The summed E-state index contributed by atoms with van der Waals surface area (Å²) in [5, 5.41) is 0. The Morgan fingerprint density at radius 1 is 1.24 bits per heavy atom. The van der Waals surface area contributed by atoms with E-state index in [1.54, 1.807) is 0 Å². The second-order valence-corrected chi connectivity index (χ2v) is 5.67. The third kappa shape index (κ3) is 3.10. The average molecular weight is 231 g/mol. The van der Waals surface area contributed by atoms with Gasteiger partial charge in [-0.05, 0) is 49.8 Å². The van der Waals surface area contributed by atoms with Gasteiger partial charge in [0.15, 0.2) is 0 Å². The molecule has 1 nitrogen and oxygen atoms in total. The summed E-state index contributed by atoms with van der Waals surface area (Å²) < 4.78 is 0. The minimum atomic E-state index is 0.693. The van der Waals surface area contributed by atoms with Crippen LogP contribution in [0.3, 0.4) is 0 Å². The fraction of sp³-hybridized carbons (Fsp3) is 0.625. The average Bonchev–Trinajstić information content (AvgIpc) is 2.84. The van der Waals surface area contributed by atoms with Crippen molar-refractivity contribution in [2.24, 2.45) is 17.6 Å². The summed E-state index contributed by atoms with van der Waals surface area (Å²) in [7, 11) is 0. The Morgan fingerprint density at radius 2 is 1.94 bits per heavy atom. The normalized spacial score (nSPS) is 18.5. The quantitative estimate of drug-likeness (QED) is 0.841. The van der Waals surface area contributed by atoms with Gasteiger partial charge in [0.05, 0.1) is 0 Å². The van der Waals surface area contributed by atoms with Crippen molar-refractivity contribution in [3.63, 3.8) is 0 Å². The van der Waals surface area contributed by atoms with E-state index in [-0.39, 0.29) is 0 Å². The Labute approximate surface area is 105 Å². The maximum atomic E-state index is 5.99. The highest BCUT2D eigenvalue weighted by Crippen LogP contribution is 2.33. The maximum absolute atomic E-state index is 5.99. The predicted molar refractivity (Wildman–Crippen MR) is 74.1 cm³/mol. The molecule has 1 aliphatic carbocycles. The van der Waals surface area contributed by atoms with Crippen LogP contribution in [-0.2, 0) is 6.42 Å². The van der Waals surface area contributed by atoms with Gasteiger partial charge in [-0.1, -0.05) is 49.4 Å². The Hall–Kier alpha value is -0.820. The van der Waals surface area contributed by atoms with Gasteiger partial charge in [-0.3, -0.25) is 0 Å². The van der Waals surface area contributed by atoms with Crippen LogP contribution in [0.5, 0.6) is 0 Å². The van der Waals surface area contributed by atoms with E-state index in [1.807, 2.05) is 0 Å². The summed E-state index contributed by atoms with van der Waals surface area (Å²) in [6.45, 7) is 5.24. The Kier molecular flexibility index (Phi) is 4.22. The fourth-order valence-electron chi connectivity index (χ4n) is 3.17. The molecule has 0 saturated heterocycles. The van der Waals surface area contributed by atoms with Gasteiger partial charge in [0, 0.05) is 0 Å². The van der Waals surface area contributed by atoms with Crippen LogP contribution >= 0.6 is 0 Å². The van der Waals surface area contributed by atoms with Gasteiger partial charge in [-0.25, -0.2) is 0 Å². The van der Waals surface area contributed by atoms with E-state index >= 15 is 0 Å². The standard InChI is InChI=1S/C16H25N/c1-12-7-8-13(2)15(9-12)10-16(11-17)14-5-3-4-6-14/h7-9,14,16H,3-6,10-11,17H2,1-2H3. The number of rotatable bonds is 4. The first kappa shape index (κ1) is 12.6. The van der Waals surface area contributed by atoms with Crippen LogP contribution in [0.15, 0.2) is 18.2 Å². The van der Waals surface area contributed by atoms with Crippen LogP contribution in [0.2, 0.25) is 0 Å². The van der Waals surface area contributed by atoms with Crippen molar-refractivity contribution >= 4 is 0 Å². The first-order valence-corrected chi connectivity index (χ1v) is 6.97. The highest BCUT2D eigenvalue weighted by atomic mass is 14.6. The number of nitrogens with two attached hydrogens (primary N) is 1. The van der Waals surface area contributed by atoms with E-state index in [4.69, 9.17) is 5.73 Å². The van der Waals surface area contributed by atoms with Crippen LogP contribution in [-0.4, -0.2) is 6.54 Å². The summed E-state index contributed by atoms with van der Waals surface area (Å²) in [5.74, 6) is 1.57. The molecule has 0 aromatic heterocycles. The van der Waals surface area contributed by atoms with E-state index in [0.29, 0.717) is 5.92 Å². The lowest BCUT2D eigenvalue weighted by molar-refractivity contribution is 0.344. The van der Waals surface area contributed by atoms with Crippen LogP contribution in [0.1, 0.15) is 42.4 Å². The Balaban J connectivity index is 2.09. The van der Waals surface area contributed by atoms with Gasteiger partial charge in [0.1, 0.15) is 0 Å². The largest absolute Gasteiger partial charge is 0.330 e. The number of hydrogen-bond acceptors (Lipinski definition) is 1. The smallest absolute Gasteiger partial charge is 0.00430 e. The number of aryl methyl sites for hydroxylation is 2. The molecule has 2 N–H and O–H groups in total. The van der Waals surface area contributed by atoms with Crippen LogP contribution in [0, 0.1) is 25.7 Å². The fourth-order valence-corrected chi connectivity index (χ4v) is 3.17. The molecular weight excluding hydrogens is 206 g/mol. The van der Waals surface area contributed by atoms with E-state index in [1.165, 1.54) is 48.8 Å². The van der Waals surface area contributed by atoms with Gasteiger partial charge >= 0.3 is 0 Å². The van der Waals surface area contributed by atoms with Crippen LogP contribution < -0.4 is 5.73 Å². The Bertz CT molecular complexity index is 364. The molecule has 1 atom stereocenters. The molecule has 0 amide bonds. The summed E-state index contributed by atoms with van der Waals surface area (Å²) in [4.78, 5) is 0. The van der Waals surface area contributed by atoms with E-state index in [0.717, 1.165) is 12.5 Å². The lowest BCUT2D eigenvalue weighted by atomic mass is 9.84. The third-order valence-corrected chi connectivity index (χ3v) is 4.36. The van der Waals surface area contributed by atoms with Gasteiger partial charge < -0.3 is 5.73 Å². The zero-order valence-electron chi connectivity index (χ0n) is 11.2. The molecule has 1 aromatic rings. The molecule has 1 fully saturated rings. The molecule has 0 heterocycles. The molecule has 1 unspecified atom stereocenters. The van der Waals surface area contributed by atoms with E-state index in [9.17, 15) is 0 Å². The predicted octanol–water partition coefficient (Wildman–Crippen LogP) is 3.61. The molecule has 1 saturated carbocycles. The summed E-state index contributed by atoms with van der Waals surface area (Å²) >= 11 is 0. The first-order chi connectivity index (χ1) is 8.20. The molecule has 2 rings (SSSR count).